The summed E-state index contributed by atoms with van der Waals surface area (Å²) in [7, 11) is -2.63. The Balaban J connectivity index is 2.45. The van der Waals surface area contributed by atoms with E-state index in [1.54, 1.807) is 0 Å². The Morgan fingerprint density at radius 2 is 1.67 bits per heavy atom. The highest BCUT2D eigenvalue weighted by atomic mass is 31.2. The maximum Gasteiger partial charge on any atom is 0.327 e. The molecule has 0 radical (unpaired) electrons. The molecule has 0 aliphatic carbocycles. The van der Waals surface area contributed by atoms with Crippen LogP contribution in [-0.4, -0.2) is 19.9 Å². The van der Waals surface area contributed by atoms with E-state index in [0.717, 1.165) is 12.8 Å². The summed E-state index contributed by atoms with van der Waals surface area (Å²) in [5.41, 5.74) is 0. The molecule has 9 heavy (non-hydrogen) atoms. The Morgan fingerprint density at radius 1 is 1.22 bits per heavy atom. The highest BCUT2D eigenvalue weighted by Crippen LogP contribution is 2.45. The SMILES string of the molecule is CP1(=O)OCCCCO1. The predicted octanol–water partition coefficient (Wildman–Crippen LogP) is 1.64. The molecule has 1 aliphatic rings. The zero-order valence-corrected chi connectivity index (χ0v) is 6.39. The van der Waals surface area contributed by atoms with Gasteiger partial charge in [-0.1, -0.05) is 0 Å². The fraction of sp³-hybridized carbons (Fsp3) is 1.00. The van der Waals surface area contributed by atoms with Crippen molar-refractivity contribution in [3.63, 3.8) is 0 Å². The van der Waals surface area contributed by atoms with E-state index in [9.17, 15) is 4.57 Å². The Kier molecular flexibility index (Phi) is 2.28. The van der Waals surface area contributed by atoms with Crippen LogP contribution in [0.5, 0.6) is 0 Å². The molecule has 0 spiro atoms. The van der Waals surface area contributed by atoms with Gasteiger partial charge in [0.25, 0.3) is 0 Å². The van der Waals surface area contributed by atoms with Gasteiger partial charge in [0.1, 0.15) is 0 Å². The topological polar surface area (TPSA) is 35.5 Å². The second kappa shape index (κ2) is 2.82. The minimum atomic E-state index is -2.63. The van der Waals surface area contributed by atoms with Crippen LogP contribution >= 0.6 is 7.60 Å². The highest BCUT2D eigenvalue weighted by Gasteiger charge is 2.18. The molecule has 0 aromatic heterocycles. The third-order valence-electron chi connectivity index (χ3n) is 1.19. The van der Waals surface area contributed by atoms with Crippen LogP contribution in [0.25, 0.3) is 0 Å². The molecular weight excluding hydrogens is 139 g/mol. The molecule has 1 fully saturated rings. The van der Waals surface area contributed by atoms with E-state index in [0.29, 0.717) is 13.2 Å². The van der Waals surface area contributed by atoms with Crippen LogP contribution in [0.1, 0.15) is 12.8 Å². The zero-order valence-electron chi connectivity index (χ0n) is 5.50. The second-order valence-corrected chi connectivity index (χ2v) is 4.20. The van der Waals surface area contributed by atoms with Crippen LogP contribution in [0.2, 0.25) is 0 Å². The summed E-state index contributed by atoms with van der Waals surface area (Å²) in [5.74, 6) is 0. The summed E-state index contributed by atoms with van der Waals surface area (Å²) in [6.07, 6.45) is 1.91. The fourth-order valence-electron chi connectivity index (χ4n) is 0.702. The Labute approximate surface area is 54.9 Å². The molecule has 54 valence electrons. The van der Waals surface area contributed by atoms with Crippen molar-refractivity contribution >= 4 is 7.60 Å². The molecule has 1 heterocycles. The quantitative estimate of drug-likeness (QED) is 0.492. The molecule has 4 heteroatoms. The van der Waals surface area contributed by atoms with Gasteiger partial charge in [-0.25, -0.2) is 0 Å². The van der Waals surface area contributed by atoms with E-state index in [1.165, 1.54) is 6.66 Å². The van der Waals surface area contributed by atoms with E-state index in [1.807, 2.05) is 0 Å². The van der Waals surface area contributed by atoms with Crippen molar-refractivity contribution in [1.29, 1.82) is 0 Å². The monoisotopic (exact) mass is 150 g/mol. The Bertz CT molecular complexity index is 122. The van der Waals surface area contributed by atoms with Gasteiger partial charge >= 0.3 is 7.60 Å². The first-order valence-corrected chi connectivity index (χ1v) is 5.06. The van der Waals surface area contributed by atoms with Crippen LogP contribution in [0.3, 0.4) is 0 Å². The van der Waals surface area contributed by atoms with Crippen molar-refractivity contribution < 1.29 is 13.6 Å². The molecule has 0 bridgehead atoms. The maximum absolute atomic E-state index is 11.0. The standard InChI is InChI=1S/C5H11O3P/c1-9(6)7-4-2-3-5-8-9/h2-5H2,1H3. The molecule has 1 saturated heterocycles. The minimum Gasteiger partial charge on any atom is -0.309 e. The largest absolute Gasteiger partial charge is 0.327 e. The summed E-state index contributed by atoms with van der Waals surface area (Å²) in [6.45, 7) is 2.67. The van der Waals surface area contributed by atoms with Gasteiger partial charge in [-0.05, 0) is 12.8 Å². The van der Waals surface area contributed by atoms with Gasteiger partial charge in [-0.2, -0.15) is 0 Å². The lowest BCUT2D eigenvalue weighted by molar-refractivity contribution is 0.244. The molecule has 0 saturated carbocycles. The van der Waals surface area contributed by atoms with Crippen molar-refractivity contribution in [3.05, 3.63) is 0 Å². The lowest BCUT2D eigenvalue weighted by Crippen LogP contribution is -1.88. The van der Waals surface area contributed by atoms with Crippen LogP contribution in [-0.2, 0) is 13.6 Å². The third-order valence-corrected chi connectivity index (χ3v) is 2.49. The molecule has 0 unspecified atom stereocenters. The summed E-state index contributed by atoms with van der Waals surface area (Å²) in [4.78, 5) is 0. The molecule has 0 atom stereocenters. The van der Waals surface area contributed by atoms with Crippen LogP contribution < -0.4 is 0 Å². The summed E-state index contributed by atoms with van der Waals surface area (Å²) < 4.78 is 20.9. The van der Waals surface area contributed by atoms with Gasteiger partial charge in [0, 0.05) is 6.66 Å². The minimum absolute atomic E-state index is 0.577. The van der Waals surface area contributed by atoms with Gasteiger partial charge in [-0.3, -0.25) is 4.57 Å². The molecule has 0 amide bonds. The molecule has 3 nitrogen and oxygen atoms in total. The van der Waals surface area contributed by atoms with Crippen molar-refractivity contribution in [2.45, 2.75) is 12.8 Å². The van der Waals surface area contributed by atoms with Crippen molar-refractivity contribution in [2.24, 2.45) is 0 Å². The van der Waals surface area contributed by atoms with Gasteiger partial charge in [0.15, 0.2) is 0 Å². The van der Waals surface area contributed by atoms with E-state index < -0.39 is 7.60 Å². The summed E-state index contributed by atoms with van der Waals surface area (Å²) in [6, 6.07) is 0. The van der Waals surface area contributed by atoms with E-state index in [-0.39, 0.29) is 0 Å². The molecule has 1 rings (SSSR count). The predicted molar refractivity (Wildman–Crippen MR) is 34.7 cm³/mol. The van der Waals surface area contributed by atoms with Gasteiger partial charge < -0.3 is 9.05 Å². The van der Waals surface area contributed by atoms with Gasteiger partial charge in [0.05, 0.1) is 13.2 Å². The molecular formula is C5H11O3P. The molecule has 1 aliphatic heterocycles. The van der Waals surface area contributed by atoms with Gasteiger partial charge in [-0.15, -0.1) is 0 Å². The smallest absolute Gasteiger partial charge is 0.309 e. The average Bonchev–Trinajstić information content (AvgIpc) is 1.92. The fourth-order valence-corrected chi connectivity index (χ4v) is 1.70. The first-order valence-electron chi connectivity index (χ1n) is 3.07. The average molecular weight is 150 g/mol. The molecule has 0 aromatic rings. The van der Waals surface area contributed by atoms with Crippen molar-refractivity contribution in [2.75, 3.05) is 19.9 Å². The lowest BCUT2D eigenvalue weighted by atomic mass is 10.3. The summed E-state index contributed by atoms with van der Waals surface area (Å²) in [5, 5.41) is 0. The summed E-state index contributed by atoms with van der Waals surface area (Å²) >= 11 is 0. The van der Waals surface area contributed by atoms with Crippen LogP contribution in [0.15, 0.2) is 0 Å². The number of rotatable bonds is 0. The maximum atomic E-state index is 11.0. The van der Waals surface area contributed by atoms with Crippen molar-refractivity contribution in [1.82, 2.24) is 0 Å². The van der Waals surface area contributed by atoms with E-state index in [2.05, 4.69) is 0 Å². The number of hydrogen-bond acceptors (Lipinski definition) is 3. The normalized spacial score (nSPS) is 27.2. The van der Waals surface area contributed by atoms with Gasteiger partial charge in [0.2, 0.25) is 0 Å². The van der Waals surface area contributed by atoms with Crippen LogP contribution in [0, 0.1) is 0 Å². The molecule has 0 N–H and O–H groups in total. The van der Waals surface area contributed by atoms with Crippen molar-refractivity contribution in [3.8, 4) is 0 Å². The molecule has 0 aromatic carbocycles. The van der Waals surface area contributed by atoms with Crippen LogP contribution in [0.4, 0.5) is 0 Å². The Hall–Kier alpha value is 0.150. The third kappa shape index (κ3) is 2.48. The highest BCUT2D eigenvalue weighted by molar-refractivity contribution is 7.52. The van der Waals surface area contributed by atoms with E-state index >= 15 is 0 Å². The first kappa shape index (κ1) is 7.26. The number of hydrogen-bond donors (Lipinski definition) is 0. The Morgan fingerprint density at radius 3 is 2.11 bits per heavy atom. The lowest BCUT2D eigenvalue weighted by Gasteiger charge is -2.07. The first-order chi connectivity index (χ1) is 4.21. The zero-order chi connectivity index (χ0) is 6.74. The van der Waals surface area contributed by atoms with E-state index in [4.69, 9.17) is 9.05 Å². The second-order valence-electron chi connectivity index (χ2n) is 2.14.